The third-order valence-corrected chi connectivity index (χ3v) is 6.45. The molecule has 3 atom stereocenters. The van der Waals surface area contributed by atoms with Crippen molar-refractivity contribution in [3.05, 3.63) is 35.4 Å². The zero-order valence-corrected chi connectivity index (χ0v) is 17.4. The zero-order valence-electron chi connectivity index (χ0n) is 17.4. The van der Waals surface area contributed by atoms with Crippen molar-refractivity contribution in [2.75, 3.05) is 28.1 Å². The van der Waals surface area contributed by atoms with Crippen molar-refractivity contribution >= 4 is 0 Å². The highest BCUT2D eigenvalue weighted by Crippen LogP contribution is 2.56. The molecule has 160 valence electrons. The van der Waals surface area contributed by atoms with Gasteiger partial charge in [-0.05, 0) is 36.6 Å². The first-order valence-electron chi connectivity index (χ1n) is 10.2. The van der Waals surface area contributed by atoms with E-state index < -0.39 is 5.79 Å². The molecule has 1 N–H and O–H groups in total. The molecule has 2 aromatic carbocycles. The van der Waals surface area contributed by atoms with E-state index in [0.29, 0.717) is 40.9 Å². The van der Waals surface area contributed by atoms with E-state index in [0.717, 1.165) is 30.4 Å². The van der Waals surface area contributed by atoms with Gasteiger partial charge >= 0.3 is 0 Å². The summed E-state index contributed by atoms with van der Waals surface area (Å²) in [5, 5.41) is 11.5. The largest absolute Gasteiger partial charge is 0.493 e. The Morgan fingerprint density at radius 1 is 0.900 bits per heavy atom. The van der Waals surface area contributed by atoms with Crippen LogP contribution in [0.4, 0.5) is 0 Å². The molecule has 3 aliphatic rings. The summed E-state index contributed by atoms with van der Waals surface area (Å²) in [5.74, 6) is 2.19. The lowest BCUT2D eigenvalue weighted by molar-refractivity contribution is -0.208. The Hall–Kier alpha value is -2.80. The molecule has 30 heavy (non-hydrogen) atoms. The molecule has 0 amide bonds. The number of fused-ring (bicyclic) bond motifs is 3. The Labute approximate surface area is 175 Å². The van der Waals surface area contributed by atoms with Gasteiger partial charge in [0.25, 0.3) is 0 Å². The van der Waals surface area contributed by atoms with Crippen LogP contribution in [0.1, 0.15) is 42.7 Å². The lowest BCUT2D eigenvalue weighted by Crippen LogP contribution is -2.51. The Kier molecular flexibility index (Phi) is 4.58. The minimum absolute atomic E-state index is 0.109. The van der Waals surface area contributed by atoms with Gasteiger partial charge in [-0.3, -0.25) is 0 Å². The molecular weight excluding hydrogens is 388 g/mol. The van der Waals surface area contributed by atoms with Crippen LogP contribution in [-0.2, 0) is 0 Å². The van der Waals surface area contributed by atoms with Gasteiger partial charge < -0.3 is 33.5 Å². The molecule has 7 heteroatoms. The van der Waals surface area contributed by atoms with E-state index >= 15 is 0 Å². The SMILES string of the molecule is COc1cc([C@@H]2c3cc4c(cc3O[C@@]3(O)CCCC[C@H]23)OCO4)cc(OC)c1OC. The Balaban J connectivity index is 1.72. The monoisotopic (exact) mass is 414 g/mol. The van der Waals surface area contributed by atoms with Crippen LogP contribution in [0.15, 0.2) is 24.3 Å². The molecule has 1 fully saturated rings. The molecule has 5 rings (SSSR count). The second-order valence-electron chi connectivity index (χ2n) is 7.98. The Morgan fingerprint density at radius 3 is 2.27 bits per heavy atom. The maximum Gasteiger partial charge on any atom is 0.231 e. The summed E-state index contributed by atoms with van der Waals surface area (Å²) in [6, 6.07) is 7.71. The van der Waals surface area contributed by atoms with Gasteiger partial charge in [-0.15, -0.1) is 0 Å². The molecule has 2 aliphatic heterocycles. The predicted molar refractivity (Wildman–Crippen MR) is 108 cm³/mol. The van der Waals surface area contributed by atoms with Gasteiger partial charge in [0.15, 0.2) is 23.0 Å². The average Bonchev–Trinajstić information content (AvgIpc) is 3.21. The van der Waals surface area contributed by atoms with Gasteiger partial charge in [-0.1, -0.05) is 6.42 Å². The van der Waals surface area contributed by atoms with Gasteiger partial charge in [0.05, 0.1) is 21.3 Å². The highest BCUT2D eigenvalue weighted by atomic mass is 16.7. The fraction of sp³-hybridized carbons (Fsp3) is 0.478. The molecule has 0 spiro atoms. The number of ether oxygens (including phenoxy) is 6. The fourth-order valence-corrected chi connectivity index (χ4v) is 5.08. The molecule has 0 bridgehead atoms. The third-order valence-electron chi connectivity index (χ3n) is 6.45. The van der Waals surface area contributed by atoms with Gasteiger partial charge in [0, 0.05) is 29.9 Å². The van der Waals surface area contributed by atoms with Crippen LogP contribution >= 0.6 is 0 Å². The van der Waals surface area contributed by atoms with Crippen LogP contribution in [0.3, 0.4) is 0 Å². The highest BCUT2D eigenvalue weighted by Gasteiger charge is 2.51. The maximum atomic E-state index is 11.5. The van der Waals surface area contributed by atoms with E-state index in [1.807, 2.05) is 24.3 Å². The number of benzene rings is 2. The summed E-state index contributed by atoms with van der Waals surface area (Å²) in [4.78, 5) is 0. The first-order chi connectivity index (χ1) is 14.6. The van der Waals surface area contributed by atoms with E-state index in [4.69, 9.17) is 28.4 Å². The summed E-state index contributed by atoms with van der Waals surface area (Å²) in [6.07, 6.45) is 3.41. The number of rotatable bonds is 4. The van der Waals surface area contributed by atoms with Crippen molar-refractivity contribution in [1.29, 1.82) is 0 Å². The Bertz CT molecular complexity index is 947. The van der Waals surface area contributed by atoms with Gasteiger partial charge in [0.2, 0.25) is 18.3 Å². The number of aliphatic hydroxyl groups is 1. The van der Waals surface area contributed by atoms with Crippen LogP contribution in [0.2, 0.25) is 0 Å². The van der Waals surface area contributed by atoms with Crippen LogP contribution in [-0.4, -0.2) is 39.0 Å². The zero-order chi connectivity index (χ0) is 20.9. The number of hydrogen-bond donors (Lipinski definition) is 1. The summed E-state index contributed by atoms with van der Waals surface area (Å²) >= 11 is 0. The second kappa shape index (κ2) is 7.16. The first-order valence-corrected chi connectivity index (χ1v) is 10.2. The molecule has 0 unspecified atom stereocenters. The summed E-state index contributed by atoms with van der Waals surface area (Å²) < 4.78 is 34.0. The first kappa shape index (κ1) is 19.2. The number of methoxy groups -OCH3 is 3. The van der Waals surface area contributed by atoms with Crippen molar-refractivity contribution in [2.45, 2.75) is 37.4 Å². The van der Waals surface area contributed by atoms with Crippen LogP contribution < -0.4 is 28.4 Å². The normalized spacial score (nSPS) is 26.3. The molecule has 0 aromatic heterocycles. The van der Waals surface area contributed by atoms with Crippen molar-refractivity contribution in [3.8, 4) is 34.5 Å². The van der Waals surface area contributed by atoms with Crippen LogP contribution in [0.25, 0.3) is 0 Å². The van der Waals surface area contributed by atoms with Crippen molar-refractivity contribution in [3.63, 3.8) is 0 Å². The molecule has 0 saturated heterocycles. The van der Waals surface area contributed by atoms with Crippen LogP contribution in [0, 0.1) is 5.92 Å². The predicted octanol–water partition coefficient (Wildman–Crippen LogP) is 3.84. The fourth-order valence-electron chi connectivity index (χ4n) is 5.08. The van der Waals surface area contributed by atoms with Gasteiger partial charge in [-0.2, -0.15) is 0 Å². The Morgan fingerprint density at radius 2 is 1.60 bits per heavy atom. The molecule has 2 aromatic rings. The summed E-state index contributed by atoms with van der Waals surface area (Å²) in [5.41, 5.74) is 1.93. The van der Waals surface area contributed by atoms with E-state index in [1.165, 1.54) is 0 Å². The minimum Gasteiger partial charge on any atom is -0.493 e. The number of hydrogen-bond acceptors (Lipinski definition) is 7. The molecule has 0 radical (unpaired) electrons. The topological polar surface area (TPSA) is 75.6 Å². The summed E-state index contributed by atoms with van der Waals surface area (Å²) in [7, 11) is 4.80. The summed E-state index contributed by atoms with van der Waals surface area (Å²) in [6.45, 7) is 0.181. The second-order valence-corrected chi connectivity index (χ2v) is 7.98. The quantitative estimate of drug-likeness (QED) is 0.815. The maximum absolute atomic E-state index is 11.5. The van der Waals surface area contributed by atoms with E-state index in [2.05, 4.69) is 0 Å². The third kappa shape index (κ3) is 2.83. The van der Waals surface area contributed by atoms with Crippen LogP contribution in [0.5, 0.6) is 34.5 Å². The van der Waals surface area contributed by atoms with Gasteiger partial charge in [0.1, 0.15) is 5.75 Å². The lowest BCUT2D eigenvalue weighted by atomic mass is 9.68. The standard InChI is InChI=1S/C23H26O7/c1-25-19-8-13(9-20(26-2)22(19)27-3)21-14-10-17-18(29-12-28-17)11-16(14)30-23(24)7-5-4-6-15(21)23/h8-11,15,21,24H,4-7,12H2,1-3H3/t15-,21-,23+/m1/s1. The smallest absolute Gasteiger partial charge is 0.231 e. The molecular formula is C23H26O7. The van der Waals surface area contributed by atoms with Crippen molar-refractivity contribution in [2.24, 2.45) is 5.92 Å². The van der Waals surface area contributed by atoms with E-state index in [1.54, 1.807) is 21.3 Å². The van der Waals surface area contributed by atoms with E-state index in [9.17, 15) is 5.11 Å². The molecule has 1 saturated carbocycles. The molecule has 1 aliphatic carbocycles. The average molecular weight is 414 g/mol. The van der Waals surface area contributed by atoms with Crippen molar-refractivity contribution < 1.29 is 33.5 Å². The van der Waals surface area contributed by atoms with Gasteiger partial charge in [-0.25, -0.2) is 0 Å². The minimum atomic E-state index is -1.23. The van der Waals surface area contributed by atoms with E-state index in [-0.39, 0.29) is 18.6 Å². The molecule has 2 heterocycles. The lowest BCUT2D eigenvalue weighted by Gasteiger charge is -2.48. The highest BCUT2D eigenvalue weighted by molar-refractivity contribution is 5.60. The molecule has 7 nitrogen and oxygen atoms in total. The van der Waals surface area contributed by atoms with Crippen molar-refractivity contribution in [1.82, 2.24) is 0 Å².